The first kappa shape index (κ1) is 60.5. The topological polar surface area (TPSA) is 349 Å². The number of hydrogen-bond acceptors (Lipinski definition) is 12. The minimum absolute atomic E-state index is 0.0628. The molecule has 0 aliphatic carbocycles. The number of carboxylic acid groups (broad SMARTS) is 1. The Bertz CT molecular complexity index is 1470. The molecule has 4 amide bonds. The largest absolute Gasteiger partial charge is 0.481 e. The Labute approximate surface area is 390 Å². The molecule has 0 bridgehead atoms. The third kappa shape index (κ3) is 30.4. The van der Waals surface area contributed by atoms with Crippen LogP contribution in [0.25, 0.3) is 0 Å². The van der Waals surface area contributed by atoms with E-state index in [9.17, 15) is 43.8 Å². The number of nitrogens with one attached hydrogen (secondary N) is 5. The van der Waals surface area contributed by atoms with Crippen LogP contribution in [-0.4, -0.2) is 131 Å². The smallest absolute Gasteiger partial charge is 0.303 e. The van der Waals surface area contributed by atoms with Gasteiger partial charge in [0.25, 0.3) is 0 Å². The first-order chi connectivity index (χ1) is 31.0. The predicted octanol–water partition coefficient (Wildman–Crippen LogP) is 1.63. The highest BCUT2D eigenvalue weighted by Crippen LogP contribution is 2.13. The summed E-state index contributed by atoms with van der Waals surface area (Å²) in [6.07, 6.45) is 14.5. The lowest BCUT2D eigenvalue weighted by atomic mass is 9.97. The van der Waals surface area contributed by atoms with Crippen molar-refractivity contribution in [3.8, 4) is 0 Å². The summed E-state index contributed by atoms with van der Waals surface area (Å²) in [5, 5.41) is 33.1. The van der Waals surface area contributed by atoms with Crippen molar-refractivity contribution in [1.29, 1.82) is 0 Å². The molecule has 0 aromatic rings. The number of nitrogens with zero attached hydrogens (tertiary/aromatic N) is 2. The minimum Gasteiger partial charge on any atom is -0.481 e. The van der Waals surface area contributed by atoms with E-state index in [1.54, 1.807) is 6.26 Å². The number of carbonyl (C=O) groups is 7. The zero-order chi connectivity index (χ0) is 49.0. The van der Waals surface area contributed by atoms with Crippen molar-refractivity contribution >= 4 is 64.8 Å². The molecule has 2 unspecified atom stereocenters. The average molecular weight is 942 g/mol. The van der Waals surface area contributed by atoms with Crippen LogP contribution in [0.1, 0.15) is 156 Å². The quantitative estimate of drug-likeness (QED) is 0.0358. The van der Waals surface area contributed by atoms with Crippen LogP contribution in [0.2, 0.25) is 0 Å². The number of unbranched alkanes of at least 4 members (excludes halogenated alkanes) is 5. The highest BCUT2D eigenvalue weighted by Gasteiger charge is 2.35. The van der Waals surface area contributed by atoms with Crippen LogP contribution in [0.15, 0.2) is 9.98 Å². The lowest BCUT2D eigenvalue weighted by molar-refractivity contribution is -0.141. The van der Waals surface area contributed by atoms with Gasteiger partial charge in [-0.1, -0.05) is 84.5 Å². The number of guanidine groups is 2. The van der Waals surface area contributed by atoms with Crippen molar-refractivity contribution < 1.29 is 43.8 Å². The lowest BCUT2D eigenvalue weighted by Gasteiger charge is -2.27. The van der Waals surface area contributed by atoms with E-state index < -0.39 is 90.3 Å². The third-order valence-electron chi connectivity index (χ3n) is 10.6. The first-order valence-corrected chi connectivity index (χ1v) is 24.9. The van der Waals surface area contributed by atoms with Crippen LogP contribution in [0.3, 0.4) is 0 Å². The number of thioether (sulfide) groups is 1. The van der Waals surface area contributed by atoms with Crippen molar-refractivity contribution in [1.82, 2.24) is 26.6 Å². The van der Waals surface area contributed by atoms with Crippen LogP contribution in [0.5, 0.6) is 0 Å². The second kappa shape index (κ2) is 37.7. The fraction of sp³-hybridized carbons (Fsp3) is 0.795. The van der Waals surface area contributed by atoms with E-state index in [4.69, 9.17) is 22.9 Å². The van der Waals surface area contributed by atoms with Gasteiger partial charge in [-0.2, -0.15) is 11.8 Å². The molecule has 374 valence electrons. The van der Waals surface area contributed by atoms with Gasteiger partial charge in [0.1, 0.15) is 18.1 Å². The van der Waals surface area contributed by atoms with Gasteiger partial charge in [-0.25, -0.2) is 0 Å². The molecule has 15 N–H and O–H groups in total. The molecule has 0 spiro atoms. The second-order valence-electron chi connectivity index (χ2n) is 16.5. The Kier molecular flexibility index (Phi) is 35.1. The summed E-state index contributed by atoms with van der Waals surface area (Å²) >= 11 is 1.40. The van der Waals surface area contributed by atoms with Gasteiger partial charge in [-0.3, -0.25) is 43.5 Å². The maximum atomic E-state index is 13.9. The Morgan fingerprint density at radius 3 is 1.63 bits per heavy atom. The Hall–Kier alpha value is -4.50. The van der Waals surface area contributed by atoms with Gasteiger partial charge in [0.2, 0.25) is 35.2 Å². The molecule has 65 heavy (non-hydrogen) atoms. The Morgan fingerprint density at radius 2 is 1.12 bits per heavy atom. The minimum atomic E-state index is -1.52. The lowest BCUT2D eigenvalue weighted by Crippen LogP contribution is -2.59. The predicted molar refractivity (Wildman–Crippen MR) is 257 cm³/mol. The number of ketones is 2. The molecule has 0 aromatic carbocycles. The number of aliphatic imine (C=N–C) groups is 2. The Morgan fingerprint density at radius 1 is 0.646 bits per heavy atom. The summed E-state index contributed by atoms with van der Waals surface area (Å²) in [5.41, 5.74) is 21.8. The molecule has 0 aromatic heterocycles. The molecular weight excluding hydrogens is 859 g/mol. The molecule has 0 saturated carbocycles. The van der Waals surface area contributed by atoms with Crippen molar-refractivity contribution in [2.24, 2.45) is 32.9 Å². The van der Waals surface area contributed by atoms with Crippen LogP contribution in [0, 0.1) is 0 Å². The van der Waals surface area contributed by atoms with Gasteiger partial charge < -0.3 is 59.7 Å². The monoisotopic (exact) mass is 942 g/mol. The number of amides is 4. The number of carbonyl (C=O) groups excluding carboxylic acids is 6. The molecule has 1 rings (SSSR count). The molecule has 1 saturated heterocycles. The maximum Gasteiger partial charge on any atom is 0.303 e. The molecule has 1 aliphatic heterocycles. The molecule has 21 heteroatoms. The second-order valence-corrected chi connectivity index (χ2v) is 17.4. The van der Waals surface area contributed by atoms with Crippen molar-refractivity contribution in [2.75, 3.05) is 31.6 Å². The number of aliphatic hydroxyl groups is 1. The van der Waals surface area contributed by atoms with Gasteiger partial charge in [-0.05, 0) is 76.8 Å². The standard InChI is InChI=1S/C36H65N11O9S.C8H18/c1-22(48)29-34(56)46-26(15-16-28(50)51)33(55)45-25(13-11-20-43-36(39)40)32(54)44-24(17-21-57-2)31(53)30(52)23(12-10-19-42-35(37)38)41-18-9-7-5-3-4-6-8-14-27(49)47-29;1-3-5-7-8-6-4-2/h22-26,29,41,48H,3-21H2,1-2H3,(H,44,54)(H,45,55)(H,46,56)(H,47,49)(H,50,51)(H4,37,38,42)(H4,39,40,43);3-8H2,1-2H3/t22-,23+,24?,25+,26?,29+;/m1./s1. The van der Waals surface area contributed by atoms with E-state index in [0.29, 0.717) is 25.1 Å². The first-order valence-electron chi connectivity index (χ1n) is 23.5. The number of aliphatic hydroxyl groups excluding tert-OH is 1. The fourth-order valence-electron chi connectivity index (χ4n) is 6.87. The maximum absolute atomic E-state index is 13.9. The highest BCUT2D eigenvalue weighted by molar-refractivity contribution is 7.98. The summed E-state index contributed by atoms with van der Waals surface area (Å²) in [4.78, 5) is 101. The SMILES string of the molecule is CCCCCCCC.CSCCC1NC(=O)[C@H](CCCN=C(N)N)NC(=O)C(CCC(=O)O)NC(=O)[C@H]([C@@H](C)O)NC(=O)CCCCCCCCCN[C@@H](CCCN=C(N)N)C(=O)C1=O. The summed E-state index contributed by atoms with van der Waals surface area (Å²) in [5.74, 6) is -5.91. The number of rotatable bonds is 20. The number of Topliss-reactive ketones (excluding diaryl/α,β-unsaturated/α-hetero) is 2. The zero-order valence-corrected chi connectivity index (χ0v) is 40.3. The van der Waals surface area contributed by atoms with Crippen LogP contribution >= 0.6 is 11.8 Å². The molecule has 1 heterocycles. The van der Waals surface area contributed by atoms with Gasteiger partial charge in [0, 0.05) is 25.9 Å². The molecule has 1 aliphatic rings. The molecule has 0 radical (unpaired) electrons. The third-order valence-corrected chi connectivity index (χ3v) is 11.3. The summed E-state index contributed by atoms with van der Waals surface area (Å²) in [6, 6.07) is -6.47. The van der Waals surface area contributed by atoms with E-state index in [2.05, 4.69) is 50.4 Å². The van der Waals surface area contributed by atoms with Crippen molar-refractivity contribution in [3.63, 3.8) is 0 Å². The van der Waals surface area contributed by atoms with E-state index in [0.717, 1.165) is 38.5 Å². The van der Waals surface area contributed by atoms with Crippen LogP contribution in [-0.2, 0) is 33.6 Å². The Balaban J connectivity index is 0.00000464. The number of nitrogens with two attached hydrogens (primary N) is 4. The summed E-state index contributed by atoms with van der Waals surface area (Å²) in [6.45, 7) is 6.56. The van der Waals surface area contributed by atoms with Gasteiger partial charge in [-0.15, -0.1) is 0 Å². The number of carboxylic acids is 1. The van der Waals surface area contributed by atoms with E-state index in [1.165, 1.54) is 57.2 Å². The summed E-state index contributed by atoms with van der Waals surface area (Å²) in [7, 11) is 0. The van der Waals surface area contributed by atoms with E-state index in [-0.39, 0.29) is 57.1 Å². The fourth-order valence-corrected chi connectivity index (χ4v) is 7.34. The normalized spacial score (nSPS) is 22.0. The molecule has 1 fully saturated rings. The highest BCUT2D eigenvalue weighted by atomic mass is 32.2. The van der Waals surface area contributed by atoms with Crippen molar-refractivity contribution in [2.45, 2.75) is 192 Å². The number of hydrogen-bond donors (Lipinski definition) is 11. The van der Waals surface area contributed by atoms with Crippen LogP contribution in [0.4, 0.5) is 0 Å². The average Bonchev–Trinajstić information content (AvgIpc) is 3.25. The zero-order valence-electron chi connectivity index (χ0n) is 39.5. The summed E-state index contributed by atoms with van der Waals surface area (Å²) < 4.78 is 0. The van der Waals surface area contributed by atoms with E-state index in [1.807, 2.05) is 0 Å². The van der Waals surface area contributed by atoms with Crippen LogP contribution < -0.4 is 49.5 Å². The molecular formula is C44H83N11O9S. The number of aliphatic carboxylic acids is 1. The van der Waals surface area contributed by atoms with Gasteiger partial charge in [0.15, 0.2) is 11.9 Å². The van der Waals surface area contributed by atoms with Crippen molar-refractivity contribution in [3.05, 3.63) is 0 Å². The van der Waals surface area contributed by atoms with E-state index >= 15 is 0 Å². The molecule has 20 nitrogen and oxygen atoms in total. The van der Waals surface area contributed by atoms with Gasteiger partial charge >= 0.3 is 5.97 Å². The molecule has 6 atom stereocenters. The van der Waals surface area contributed by atoms with Gasteiger partial charge in [0.05, 0.1) is 18.2 Å².